The van der Waals surface area contributed by atoms with Crippen LogP contribution in [0.1, 0.15) is 23.2 Å². The Labute approximate surface area is 150 Å². The van der Waals surface area contributed by atoms with Crippen LogP contribution >= 0.6 is 0 Å². The Morgan fingerprint density at radius 2 is 1.81 bits per heavy atom. The van der Waals surface area contributed by atoms with Crippen LogP contribution in [-0.4, -0.2) is 16.8 Å². The van der Waals surface area contributed by atoms with Crippen molar-refractivity contribution >= 4 is 28.9 Å². The van der Waals surface area contributed by atoms with E-state index in [0.717, 1.165) is 11.4 Å². The molecule has 3 aromatic rings. The van der Waals surface area contributed by atoms with Gasteiger partial charge in [0.15, 0.2) is 0 Å². The lowest BCUT2D eigenvalue weighted by Crippen LogP contribution is -2.14. The molecule has 2 amide bonds. The van der Waals surface area contributed by atoms with Gasteiger partial charge in [-0.25, -0.2) is 0 Å². The second-order valence-corrected chi connectivity index (χ2v) is 5.58. The summed E-state index contributed by atoms with van der Waals surface area (Å²) in [7, 11) is 0. The van der Waals surface area contributed by atoms with Crippen LogP contribution in [0, 0.1) is 0 Å². The number of furan rings is 1. The third-order valence-electron chi connectivity index (χ3n) is 3.48. The Morgan fingerprint density at radius 1 is 1.00 bits per heavy atom. The van der Waals surface area contributed by atoms with Gasteiger partial charge in [0, 0.05) is 30.2 Å². The molecule has 0 saturated heterocycles. The lowest BCUT2D eigenvalue weighted by Gasteiger charge is -2.09. The quantitative estimate of drug-likeness (QED) is 0.632. The van der Waals surface area contributed by atoms with Gasteiger partial charge in [-0.3, -0.25) is 14.6 Å². The molecule has 0 unspecified atom stereocenters. The average Bonchev–Trinajstić information content (AvgIpc) is 3.13. The van der Waals surface area contributed by atoms with Crippen LogP contribution in [0.3, 0.4) is 0 Å². The standard InChI is InChI=1S/C19H18N4O3/c1-13(24)22-15-4-2-5-16(10-15)23-19(25)18-11-14(7-8-20-18)21-12-17-6-3-9-26-17/h2-11H,12H2,1H3,(H,20,21)(H,22,24)(H,23,25). The van der Waals surface area contributed by atoms with Gasteiger partial charge in [-0.1, -0.05) is 6.07 Å². The summed E-state index contributed by atoms with van der Waals surface area (Å²) in [5.74, 6) is 0.277. The highest BCUT2D eigenvalue weighted by molar-refractivity contribution is 6.03. The van der Waals surface area contributed by atoms with E-state index >= 15 is 0 Å². The van der Waals surface area contributed by atoms with Crippen LogP contribution in [0.4, 0.5) is 17.1 Å². The van der Waals surface area contributed by atoms with Crippen LogP contribution in [0.2, 0.25) is 0 Å². The number of rotatable bonds is 6. The molecule has 0 atom stereocenters. The Bertz CT molecular complexity index is 907. The van der Waals surface area contributed by atoms with Crippen molar-refractivity contribution in [2.45, 2.75) is 13.5 Å². The molecule has 132 valence electrons. The van der Waals surface area contributed by atoms with Crippen molar-refractivity contribution in [2.24, 2.45) is 0 Å². The molecule has 0 aliphatic rings. The van der Waals surface area contributed by atoms with Crippen molar-refractivity contribution < 1.29 is 14.0 Å². The minimum Gasteiger partial charge on any atom is -0.467 e. The van der Waals surface area contributed by atoms with Gasteiger partial charge in [-0.2, -0.15) is 0 Å². The first kappa shape index (κ1) is 17.2. The highest BCUT2D eigenvalue weighted by Crippen LogP contribution is 2.17. The molecular formula is C19H18N4O3. The molecule has 26 heavy (non-hydrogen) atoms. The molecule has 0 fully saturated rings. The van der Waals surface area contributed by atoms with Gasteiger partial charge >= 0.3 is 0 Å². The van der Waals surface area contributed by atoms with E-state index in [1.54, 1.807) is 48.9 Å². The molecule has 0 spiro atoms. The lowest BCUT2D eigenvalue weighted by atomic mass is 10.2. The summed E-state index contributed by atoms with van der Waals surface area (Å²) >= 11 is 0. The molecule has 0 radical (unpaired) electrons. The number of nitrogens with zero attached hydrogens (tertiary/aromatic N) is 1. The molecule has 2 aromatic heterocycles. The van der Waals surface area contributed by atoms with Crippen molar-refractivity contribution in [2.75, 3.05) is 16.0 Å². The number of amides is 2. The first-order chi connectivity index (χ1) is 12.6. The number of benzene rings is 1. The highest BCUT2D eigenvalue weighted by Gasteiger charge is 2.09. The van der Waals surface area contributed by atoms with Crippen LogP contribution in [0.25, 0.3) is 0 Å². The Kier molecular flexibility index (Phi) is 5.28. The van der Waals surface area contributed by atoms with Crippen LogP contribution in [0.15, 0.2) is 65.4 Å². The van der Waals surface area contributed by atoms with Gasteiger partial charge in [0.05, 0.1) is 12.8 Å². The second kappa shape index (κ2) is 7.98. The van der Waals surface area contributed by atoms with Crippen molar-refractivity contribution in [3.63, 3.8) is 0 Å². The molecular weight excluding hydrogens is 332 g/mol. The summed E-state index contributed by atoms with van der Waals surface area (Å²) < 4.78 is 5.26. The van der Waals surface area contributed by atoms with E-state index in [0.29, 0.717) is 17.9 Å². The number of nitrogens with one attached hydrogen (secondary N) is 3. The summed E-state index contributed by atoms with van der Waals surface area (Å²) in [5, 5.41) is 8.62. The molecule has 0 bridgehead atoms. The summed E-state index contributed by atoms with van der Waals surface area (Å²) in [6.45, 7) is 1.94. The molecule has 3 rings (SSSR count). The van der Waals surface area contributed by atoms with E-state index in [1.165, 1.54) is 6.92 Å². The average molecular weight is 350 g/mol. The summed E-state index contributed by atoms with van der Waals surface area (Å²) in [6, 6.07) is 14.0. The number of aromatic nitrogens is 1. The molecule has 3 N–H and O–H groups in total. The van der Waals surface area contributed by atoms with Crippen molar-refractivity contribution in [3.05, 3.63) is 72.4 Å². The monoisotopic (exact) mass is 350 g/mol. The van der Waals surface area contributed by atoms with E-state index in [4.69, 9.17) is 4.42 Å². The second-order valence-electron chi connectivity index (χ2n) is 5.58. The van der Waals surface area contributed by atoms with E-state index in [-0.39, 0.29) is 17.5 Å². The molecule has 1 aromatic carbocycles. The molecule has 7 heteroatoms. The zero-order valence-electron chi connectivity index (χ0n) is 14.2. The van der Waals surface area contributed by atoms with Gasteiger partial charge < -0.3 is 20.4 Å². The predicted octanol–water partition coefficient (Wildman–Crippen LogP) is 3.50. The van der Waals surface area contributed by atoms with Crippen LogP contribution < -0.4 is 16.0 Å². The van der Waals surface area contributed by atoms with Gasteiger partial charge in [-0.05, 0) is 42.5 Å². The number of hydrogen-bond acceptors (Lipinski definition) is 5. The Balaban J connectivity index is 1.66. The van der Waals surface area contributed by atoms with Crippen molar-refractivity contribution in [3.8, 4) is 0 Å². The Hall–Kier alpha value is -3.61. The van der Waals surface area contributed by atoms with E-state index in [1.807, 2.05) is 12.1 Å². The number of carbonyl (C=O) groups excluding carboxylic acids is 2. The number of carbonyl (C=O) groups is 2. The maximum Gasteiger partial charge on any atom is 0.274 e. The molecule has 7 nitrogen and oxygen atoms in total. The van der Waals surface area contributed by atoms with Crippen molar-refractivity contribution in [1.82, 2.24) is 4.98 Å². The fourth-order valence-corrected chi connectivity index (χ4v) is 2.34. The van der Waals surface area contributed by atoms with Gasteiger partial charge in [-0.15, -0.1) is 0 Å². The largest absolute Gasteiger partial charge is 0.467 e. The van der Waals surface area contributed by atoms with Crippen LogP contribution in [0.5, 0.6) is 0 Å². The molecule has 0 aliphatic heterocycles. The first-order valence-corrected chi connectivity index (χ1v) is 8.01. The molecule has 2 heterocycles. The lowest BCUT2D eigenvalue weighted by molar-refractivity contribution is -0.114. The maximum absolute atomic E-state index is 12.4. The number of anilines is 3. The third kappa shape index (κ3) is 4.70. The maximum atomic E-state index is 12.4. The summed E-state index contributed by atoms with van der Waals surface area (Å²) in [5.41, 5.74) is 2.21. The van der Waals surface area contributed by atoms with Gasteiger partial charge in [0.1, 0.15) is 11.5 Å². The Morgan fingerprint density at radius 3 is 2.54 bits per heavy atom. The van der Waals surface area contributed by atoms with E-state index in [9.17, 15) is 9.59 Å². The fourth-order valence-electron chi connectivity index (χ4n) is 2.34. The van der Waals surface area contributed by atoms with E-state index in [2.05, 4.69) is 20.9 Å². The summed E-state index contributed by atoms with van der Waals surface area (Å²) in [4.78, 5) is 27.7. The highest BCUT2D eigenvalue weighted by atomic mass is 16.3. The number of hydrogen-bond donors (Lipinski definition) is 3. The van der Waals surface area contributed by atoms with E-state index < -0.39 is 0 Å². The van der Waals surface area contributed by atoms with Crippen LogP contribution in [-0.2, 0) is 11.3 Å². The zero-order valence-corrected chi connectivity index (χ0v) is 14.2. The normalized spacial score (nSPS) is 10.2. The fraction of sp³-hybridized carbons (Fsp3) is 0.105. The minimum atomic E-state index is -0.341. The first-order valence-electron chi connectivity index (χ1n) is 8.01. The zero-order chi connectivity index (χ0) is 18.4. The predicted molar refractivity (Wildman–Crippen MR) is 99.0 cm³/mol. The molecule has 0 saturated carbocycles. The topological polar surface area (TPSA) is 96.3 Å². The SMILES string of the molecule is CC(=O)Nc1cccc(NC(=O)c2cc(NCc3ccco3)ccn2)c1. The van der Waals surface area contributed by atoms with Gasteiger partial charge in [0.2, 0.25) is 5.91 Å². The summed E-state index contributed by atoms with van der Waals surface area (Å²) in [6.07, 6.45) is 3.17. The van der Waals surface area contributed by atoms with Gasteiger partial charge in [0.25, 0.3) is 5.91 Å². The smallest absolute Gasteiger partial charge is 0.274 e. The minimum absolute atomic E-state index is 0.175. The number of pyridine rings is 1. The molecule has 0 aliphatic carbocycles. The van der Waals surface area contributed by atoms with Crippen molar-refractivity contribution in [1.29, 1.82) is 0 Å². The third-order valence-corrected chi connectivity index (χ3v) is 3.48.